The first kappa shape index (κ1) is 16.5. The molecule has 1 aromatic heterocycles. The number of hydrogen-bond donors (Lipinski definition) is 1. The van der Waals surface area contributed by atoms with Gasteiger partial charge in [0.05, 0.1) is 0 Å². The summed E-state index contributed by atoms with van der Waals surface area (Å²) in [5, 5.41) is 0.893. The van der Waals surface area contributed by atoms with Crippen molar-refractivity contribution in [3.05, 3.63) is 44.7 Å². The molecule has 2 rings (SSSR count). The van der Waals surface area contributed by atoms with Crippen LogP contribution in [0.2, 0.25) is 0 Å². The molecule has 0 aliphatic rings. The van der Waals surface area contributed by atoms with Crippen LogP contribution in [0.15, 0.2) is 33.5 Å². The van der Waals surface area contributed by atoms with Gasteiger partial charge in [-0.05, 0) is 44.5 Å². The summed E-state index contributed by atoms with van der Waals surface area (Å²) < 4.78 is 6.24. The predicted molar refractivity (Wildman–Crippen MR) is 90.0 cm³/mol. The van der Waals surface area contributed by atoms with Crippen LogP contribution in [0.25, 0.3) is 10.9 Å². The molecule has 1 heterocycles. The fraction of sp³-hybridized carbons (Fsp3) is 0.375. The van der Waals surface area contributed by atoms with E-state index in [1.165, 1.54) is 11.0 Å². The van der Waals surface area contributed by atoms with Crippen LogP contribution in [0, 0.1) is 0 Å². The van der Waals surface area contributed by atoms with Crippen LogP contribution < -0.4 is 5.56 Å². The molecule has 6 heteroatoms. The van der Waals surface area contributed by atoms with E-state index in [0.29, 0.717) is 6.54 Å². The van der Waals surface area contributed by atoms with E-state index in [0.717, 1.165) is 20.9 Å². The normalized spacial score (nSPS) is 11.5. The van der Waals surface area contributed by atoms with E-state index in [1.807, 2.05) is 39.0 Å². The minimum atomic E-state index is -0.551. The fourth-order valence-corrected chi connectivity index (χ4v) is 2.45. The summed E-state index contributed by atoms with van der Waals surface area (Å²) in [5.41, 5.74) is 0.768. The van der Waals surface area contributed by atoms with Crippen molar-refractivity contribution in [2.45, 2.75) is 32.9 Å². The van der Waals surface area contributed by atoms with Gasteiger partial charge in [0.15, 0.2) is 0 Å². The number of carbonyl (C=O) groups excluding carboxylic acids is 1. The zero-order valence-electron chi connectivity index (χ0n) is 13.1. The minimum Gasteiger partial charge on any atom is -0.444 e. The number of halogens is 1. The molecule has 0 bridgehead atoms. The van der Waals surface area contributed by atoms with E-state index in [2.05, 4.69) is 20.9 Å². The van der Waals surface area contributed by atoms with Gasteiger partial charge in [-0.25, -0.2) is 4.79 Å². The van der Waals surface area contributed by atoms with Gasteiger partial charge in [0.25, 0.3) is 0 Å². The Morgan fingerprint density at radius 2 is 2.00 bits per heavy atom. The molecule has 2 aromatic rings. The number of benzene rings is 1. The van der Waals surface area contributed by atoms with E-state index >= 15 is 0 Å². The molecule has 0 saturated carbocycles. The molecule has 0 unspecified atom stereocenters. The Balaban J connectivity index is 2.33. The maximum Gasteiger partial charge on any atom is 0.410 e. The Hall–Kier alpha value is -1.82. The quantitative estimate of drug-likeness (QED) is 0.881. The number of aromatic amines is 1. The van der Waals surface area contributed by atoms with E-state index in [9.17, 15) is 9.59 Å². The maximum absolute atomic E-state index is 12.1. The second kappa shape index (κ2) is 6.12. The van der Waals surface area contributed by atoms with Crippen molar-refractivity contribution in [1.82, 2.24) is 9.88 Å². The number of rotatable bonds is 2. The number of amides is 1. The highest BCUT2D eigenvalue weighted by molar-refractivity contribution is 9.10. The summed E-state index contributed by atoms with van der Waals surface area (Å²) in [7, 11) is 1.65. The van der Waals surface area contributed by atoms with Gasteiger partial charge in [0, 0.05) is 35.0 Å². The molecule has 0 spiro atoms. The minimum absolute atomic E-state index is 0.192. The van der Waals surface area contributed by atoms with Gasteiger partial charge in [-0.3, -0.25) is 4.79 Å². The number of nitrogens with zero attached hydrogens (tertiary/aromatic N) is 1. The van der Waals surface area contributed by atoms with E-state index in [1.54, 1.807) is 7.05 Å². The summed E-state index contributed by atoms with van der Waals surface area (Å²) in [4.78, 5) is 28.1. The van der Waals surface area contributed by atoms with E-state index in [-0.39, 0.29) is 5.56 Å². The molecule has 22 heavy (non-hydrogen) atoms. The molecular formula is C16H19BrN2O3. The Bertz CT molecular complexity index is 762. The number of hydrogen-bond acceptors (Lipinski definition) is 3. The van der Waals surface area contributed by atoms with Crippen molar-refractivity contribution in [1.29, 1.82) is 0 Å². The molecule has 0 aliphatic heterocycles. The van der Waals surface area contributed by atoms with Crippen molar-refractivity contribution in [3.8, 4) is 0 Å². The molecule has 0 atom stereocenters. The number of fused-ring (bicyclic) bond motifs is 1. The lowest BCUT2D eigenvalue weighted by molar-refractivity contribution is 0.0285. The van der Waals surface area contributed by atoms with Gasteiger partial charge in [0.1, 0.15) is 5.60 Å². The lowest BCUT2D eigenvalue weighted by atomic mass is 10.1. The van der Waals surface area contributed by atoms with Gasteiger partial charge < -0.3 is 14.6 Å². The summed E-state index contributed by atoms with van der Waals surface area (Å²) in [6, 6.07) is 7.12. The molecule has 0 aliphatic carbocycles. The van der Waals surface area contributed by atoms with Crippen LogP contribution in [0.5, 0.6) is 0 Å². The Kier molecular flexibility index (Phi) is 4.60. The zero-order valence-corrected chi connectivity index (χ0v) is 14.7. The van der Waals surface area contributed by atoms with E-state index < -0.39 is 11.7 Å². The van der Waals surface area contributed by atoms with Crippen molar-refractivity contribution in [2.75, 3.05) is 7.05 Å². The summed E-state index contributed by atoms with van der Waals surface area (Å²) in [6.07, 6.45) is -0.420. The van der Waals surface area contributed by atoms with Crippen LogP contribution in [-0.2, 0) is 11.3 Å². The number of pyridine rings is 1. The highest BCUT2D eigenvalue weighted by Crippen LogP contribution is 2.22. The average Bonchev–Trinajstić information content (AvgIpc) is 2.37. The highest BCUT2D eigenvalue weighted by atomic mass is 79.9. The van der Waals surface area contributed by atoms with Crippen molar-refractivity contribution >= 4 is 32.9 Å². The second-order valence-electron chi connectivity index (χ2n) is 6.19. The second-order valence-corrected chi connectivity index (χ2v) is 7.10. The monoisotopic (exact) mass is 366 g/mol. The van der Waals surface area contributed by atoms with Crippen molar-refractivity contribution in [3.63, 3.8) is 0 Å². The van der Waals surface area contributed by atoms with Gasteiger partial charge in [-0.15, -0.1) is 0 Å². The summed E-state index contributed by atoms with van der Waals surface area (Å²) in [6.45, 7) is 5.75. The van der Waals surface area contributed by atoms with Crippen LogP contribution in [0.1, 0.15) is 26.3 Å². The highest BCUT2D eigenvalue weighted by Gasteiger charge is 2.20. The number of aromatic nitrogens is 1. The molecule has 0 radical (unpaired) electrons. The van der Waals surface area contributed by atoms with Crippen LogP contribution in [-0.4, -0.2) is 28.6 Å². The van der Waals surface area contributed by atoms with Crippen LogP contribution in [0.4, 0.5) is 4.79 Å². The van der Waals surface area contributed by atoms with E-state index in [4.69, 9.17) is 4.74 Å². The maximum atomic E-state index is 12.1. The fourth-order valence-electron chi connectivity index (χ4n) is 2.09. The lowest BCUT2D eigenvalue weighted by Crippen LogP contribution is -2.34. The molecule has 0 fully saturated rings. The molecular weight excluding hydrogens is 348 g/mol. The lowest BCUT2D eigenvalue weighted by Gasteiger charge is -2.25. The molecule has 5 nitrogen and oxygen atoms in total. The number of nitrogens with one attached hydrogen (secondary N) is 1. The molecule has 1 amide bonds. The molecule has 1 aromatic carbocycles. The van der Waals surface area contributed by atoms with Crippen LogP contribution in [0.3, 0.4) is 0 Å². The summed E-state index contributed by atoms with van der Waals surface area (Å²) in [5.74, 6) is 0. The standard InChI is InChI=1S/C16H19BrN2O3/c1-16(2,3)22-15(21)19(4)9-10-7-14(20)18-13-6-5-11(17)8-12(10)13/h5-8H,9H2,1-4H3,(H,18,20). The summed E-state index contributed by atoms with van der Waals surface area (Å²) >= 11 is 3.42. The third-order valence-corrected chi connectivity index (χ3v) is 3.50. The Morgan fingerprint density at radius 1 is 1.32 bits per heavy atom. The number of ether oxygens (including phenoxy) is 1. The molecule has 118 valence electrons. The van der Waals surface area contributed by atoms with Gasteiger partial charge >= 0.3 is 6.09 Å². The first-order valence-corrected chi connectivity index (χ1v) is 7.70. The Morgan fingerprint density at radius 3 is 2.64 bits per heavy atom. The molecule has 1 N–H and O–H groups in total. The zero-order chi connectivity index (χ0) is 16.5. The van der Waals surface area contributed by atoms with Gasteiger partial charge in [-0.2, -0.15) is 0 Å². The first-order chi connectivity index (χ1) is 10.2. The van der Waals surface area contributed by atoms with Crippen molar-refractivity contribution in [2.24, 2.45) is 0 Å². The molecule has 0 saturated heterocycles. The van der Waals surface area contributed by atoms with Gasteiger partial charge in [-0.1, -0.05) is 15.9 Å². The predicted octanol–water partition coefficient (Wildman–Crippen LogP) is 3.66. The number of H-pyrrole nitrogens is 1. The topological polar surface area (TPSA) is 62.4 Å². The third kappa shape index (κ3) is 4.10. The SMILES string of the molecule is CN(Cc1cc(=O)[nH]c2ccc(Br)cc12)C(=O)OC(C)(C)C. The first-order valence-electron chi connectivity index (χ1n) is 6.91. The average molecular weight is 367 g/mol. The smallest absolute Gasteiger partial charge is 0.410 e. The largest absolute Gasteiger partial charge is 0.444 e. The third-order valence-electron chi connectivity index (χ3n) is 3.00. The van der Waals surface area contributed by atoms with Gasteiger partial charge in [0.2, 0.25) is 5.56 Å². The van der Waals surface area contributed by atoms with Crippen LogP contribution >= 0.6 is 15.9 Å². The Labute approximate surface area is 137 Å². The number of carbonyl (C=O) groups is 1. The van der Waals surface area contributed by atoms with Crippen molar-refractivity contribution < 1.29 is 9.53 Å².